The summed E-state index contributed by atoms with van der Waals surface area (Å²) in [6.45, 7) is 7.68. The van der Waals surface area contributed by atoms with Gasteiger partial charge in [-0.1, -0.05) is 34.1 Å². The Morgan fingerprint density at radius 2 is 1.52 bits per heavy atom. The zero-order valence-electron chi connectivity index (χ0n) is 16.7. The van der Waals surface area contributed by atoms with Crippen molar-refractivity contribution in [2.24, 2.45) is 5.73 Å². The number of aliphatic carboxylic acids is 2. The van der Waals surface area contributed by atoms with Crippen LogP contribution in [0.25, 0.3) is 0 Å². The van der Waals surface area contributed by atoms with Gasteiger partial charge in [-0.2, -0.15) is 12.6 Å². The van der Waals surface area contributed by atoms with Crippen molar-refractivity contribution in [3.63, 3.8) is 0 Å². The molecule has 0 bridgehead atoms. The Morgan fingerprint density at radius 3 is 1.85 bits per heavy atom. The van der Waals surface area contributed by atoms with Crippen molar-refractivity contribution in [3.05, 3.63) is 0 Å². The summed E-state index contributed by atoms with van der Waals surface area (Å²) in [4.78, 5) is 43.7. The second kappa shape index (κ2) is 24.1. The van der Waals surface area contributed by atoms with Gasteiger partial charge in [0.15, 0.2) is 0 Å². The molecule has 0 rings (SSSR count). The maximum Gasteiger partial charge on any atom is 0.322 e. The van der Waals surface area contributed by atoms with E-state index in [-0.39, 0.29) is 18.6 Å². The number of carboxylic acids is 2. The Hall–Kier alpha value is -1.85. The number of hydrogen-bond acceptors (Lipinski definition) is 7. The van der Waals surface area contributed by atoms with Gasteiger partial charge in [0.25, 0.3) is 0 Å². The van der Waals surface area contributed by atoms with Gasteiger partial charge >= 0.3 is 11.9 Å². The van der Waals surface area contributed by atoms with E-state index < -0.39 is 42.4 Å². The highest BCUT2D eigenvalue weighted by atomic mass is 32.1. The van der Waals surface area contributed by atoms with Crippen molar-refractivity contribution < 1.29 is 34.5 Å². The molecule has 2 unspecified atom stereocenters. The number of hydrogen-bond donors (Lipinski definition) is 7. The Bertz CT molecular complexity index is 409. The molecular formula is C16H35N3O7S. The van der Waals surface area contributed by atoms with Crippen LogP contribution in [0.15, 0.2) is 0 Å². The highest BCUT2D eigenvalue weighted by Crippen LogP contribution is 1.97. The topological polar surface area (TPSA) is 179 Å². The van der Waals surface area contributed by atoms with Crippen LogP contribution in [0.4, 0.5) is 0 Å². The molecule has 0 saturated heterocycles. The van der Waals surface area contributed by atoms with E-state index in [1.165, 1.54) is 6.42 Å². The number of thiol groups is 1. The van der Waals surface area contributed by atoms with Crippen molar-refractivity contribution in [3.8, 4) is 0 Å². The van der Waals surface area contributed by atoms with Crippen molar-refractivity contribution in [1.82, 2.24) is 10.6 Å². The van der Waals surface area contributed by atoms with Crippen LogP contribution in [0.1, 0.15) is 47.0 Å². The quantitative estimate of drug-likeness (QED) is 0.255. The Morgan fingerprint density at radius 1 is 1.07 bits per heavy atom. The van der Waals surface area contributed by atoms with E-state index in [1.807, 2.05) is 13.8 Å². The normalized spacial score (nSPS) is 10.8. The van der Waals surface area contributed by atoms with Gasteiger partial charge in [-0.05, 0) is 6.42 Å². The van der Waals surface area contributed by atoms with Crippen LogP contribution < -0.4 is 16.4 Å². The van der Waals surface area contributed by atoms with E-state index in [9.17, 15) is 19.2 Å². The molecule has 0 aliphatic carbocycles. The van der Waals surface area contributed by atoms with Crippen LogP contribution in [0.2, 0.25) is 0 Å². The predicted molar refractivity (Wildman–Crippen MR) is 107 cm³/mol. The molecule has 2 amide bonds. The fourth-order valence-electron chi connectivity index (χ4n) is 1.16. The summed E-state index contributed by atoms with van der Waals surface area (Å²) in [5.41, 5.74) is 5.23. The number of nitrogens with two attached hydrogens (primary N) is 1. The number of aliphatic hydroxyl groups is 1. The number of amides is 2. The van der Waals surface area contributed by atoms with Gasteiger partial charge in [0.05, 0.1) is 0 Å². The Balaban J connectivity index is -0.000000331. The summed E-state index contributed by atoms with van der Waals surface area (Å²) < 4.78 is 0. The largest absolute Gasteiger partial charge is 0.480 e. The molecule has 7 N–H and O–H groups in total. The van der Waals surface area contributed by atoms with E-state index in [0.29, 0.717) is 0 Å². The molecule has 0 aromatic carbocycles. The lowest BCUT2D eigenvalue weighted by Gasteiger charge is -2.16. The first-order valence-corrected chi connectivity index (χ1v) is 9.15. The maximum atomic E-state index is 11.5. The average Bonchev–Trinajstić information content (AvgIpc) is 2.65. The SMILES string of the molecule is CC.CCC.CO.NC(CCC(=O)NC(CS)C(=O)NCC(=O)O)C(=O)O. The molecule has 11 heteroatoms. The molecule has 27 heavy (non-hydrogen) atoms. The van der Waals surface area contributed by atoms with Crippen LogP contribution in [0.5, 0.6) is 0 Å². The van der Waals surface area contributed by atoms with Crippen LogP contribution >= 0.6 is 12.6 Å². The van der Waals surface area contributed by atoms with Crippen molar-refractivity contribution in [1.29, 1.82) is 0 Å². The van der Waals surface area contributed by atoms with Crippen LogP contribution in [0.3, 0.4) is 0 Å². The first-order valence-electron chi connectivity index (χ1n) is 8.52. The average molecular weight is 414 g/mol. The van der Waals surface area contributed by atoms with Gasteiger partial charge < -0.3 is 31.7 Å². The monoisotopic (exact) mass is 413 g/mol. The van der Waals surface area contributed by atoms with Gasteiger partial charge in [-0.25, -0.2) is 0 Å². The summed E-state index contributed by atoms with van der Waals surface area (Å²) in [5, 5.41) is 28.4. The molecule has 0 spiro atoms. The van der Waals surface area contributed by atoms with Gasteiger partial charge in [0.1, 0.15) is 18.6 Å². The van der Waals surface area contributed by atoms with Crippen molar-refractivity contribution >= 4 is 36.4 Å². The second-order valence-electron chi connectivity index (χ2n) is 4.60. The number of nitrogens with one attached hydrogen (secondary N) is 2. The molecule has 0 aromatic heterocycles. The lowest BCUT2D eigenvalue weighted by atomic mass is 10.1. The number of carbonyl (C=O) groups is 4. The van der Waals surface area contributed by atoms with Crippen LogP contribution in [-0.4, -0.2) is 70.6 Å². The number of rotatable bonds is 9. The summed E-state index contributed by atoms with van der Waals surface area (Å²) in [6.07, 6.45) is 1.02. The highest BCUT2D eigenvalue weighted by Gasteiger charge is 2.20. The van der Waals surface area contributed by atoms with E-state index in [4.69, 9.17) is 21.1 Å². The predicted octanol–water partition coefficient (Wildman–Crippen LogP) is -0.155. The van der Waals surface area contributed by atoms with E-state index in [2.05, 4.69) is 37.1 Å². The summed E-state index contributed by atoms with van der Waals surface area (Å²) in [5.74, 6) is -3.70. The van der Waals surface area contributed by atoms with Crippen molar-refractivity contribution in [2.75, 3.05) is 19.4 Å². The van der Waals surface area contributed by atoms with E-state index in [0.717, 1.165) is 7.11 Å². The Kier molecular flexibility index (Phi) is 29.3. The third-order valence-electron chi connectivity index (χ3n) is 2.25. The molecule has 10 nitrogen and oxygen atoms in total. The minimum absolute atomic E-state index is 0.0256. The molecule has 0 radical (unpaired) electrons. The van der Waals surface area contributed by atoms with Gasteiger partial charge in [0, 0.05) is 19.3 Å². The molecular weight excluding hydrogens is 378 g/mol. The first-order chi connectivity index (χ1) is 12.7. The Labute approximate surface area is 166 Å². The smallest absolute Gasteiger partial charge is 0.322 e. The molecule has 0 aromatic rings. The lowest BCUT2D eigenvalue weighted by Crippen LogP contribution is -2.49. The van der Waals surface area contributed by atoms with Gasteiger partial charge in [-0.15, -0.1) is 0 Å². The minimum Gasteiger partial charge on any atom is -0.480 e. The third-order valence-corrected chi connectivity index (χ3v) is 2.61. The molecule has 0 heterocycles. The fourth-order valence-corrected chi connectivity index (χ4v) is 1.41. The molecule has 0 saturated carbocycles. The number of carbonyl (C=O) groups excluding carboxylic acids is 2. The highest BCUT2D eigenvalue weighted by molar-refractivity contribution is 7.80. The second-order valence-corrected chi connectivity index (χ2v) is 4.97. The van der Waals surface area contributed by atoms with E-state index >= 15 is 0 Å². The van der Waals surface area contributed by atoms with Crippen LogP contribution in [-0.2, 0) is 19.2 Å². The van der Waals surface area contributed by atoms with E-state index in [1.54, 1.807) is 0 Å². The lowest BCUT2D eigenvalue weighted by molar-refractivity contribution is -0.139. The summed E-state index contributed by atoms with van der Waals surface area (Å²) in [7, 11) is 1.00. The minimum atomic E-state index is -1.22. The van der Waals surface area contributed by atoms with Gasteiger partial charge in [-0.3, -0.25) is 19.2 Å². The van der Waals surface area contributed by atoms with Crippen LogP contribution in [0, 0.1) is 0 Å². The number of aliphatic hydroxyl groups excluding tert-OH is 1. The third kappa shape index (κ3) is 24.1. The summed E-state index contributed by atoms with van der Waals surface area (Å²) in [6, 6.07) is -2.15. The zero-order chi connectivity index (χ0) is 22.4. The van der Waals surface area contributed by atoms with Gasteiger partial charge in [0.2, 0.25) is 11.8 Å². The van der Waals surface area contributed by atoms with Crippen molar-refractivity contribution in [2.45, 2.75) is 59.0 Å². The first kappa shape index (κ1) is 32.8. The molecule has 0 aliphatic rings. The molecule has 162 valence electrons. The molecule has 0 fully saturated rings. The molecule has 0 aliphatic heterocycles. The standard InChI is InChI=1S/C10H17N3O6S.C3H8.C2H6.CH4O/c11-5(10(18)19)1-2-7(14)13-6(4-20)9(17)12-3-8(15)16;1-3-2;2*1-2/h5-6,20H,1-4,11H2,(H,12,17)(H,13,14)(H,15,16)(H,18,19);3H2,1-2H3;1-2H3;2H,1H3. The maximum absolute atomic E-state index is 11.5. The zero-order valence-corrected chi connectivity index (χ0v) is 17.6. The fraction of sp³-hybridized carbons (Fsp3) is 0.750. The summed E-state index contributed by atoms with van der Waals surface area (Å²) >= 11 is 3.87. The number of carboxylic acid groups (broad SMARTS) is 2. The molecule has 2 atom stereocenters.